The maximum Gasteiger partial charge on any atom is 0.414 e. The zero-order valence-corrected chi connectivity index (χ0v) is 16.3. The lowest BCUT2D eigenvalue weighted by Crippen LogP contribution is -2.50. The minimum atomic E-state index is -4.79. The number of alkyl halides is 3. The van der Waals surface area contributed by atoms with E-state index >= 15 is 0 Å². The minimum Gasteiger partial charge on any atom is -0.383 e. The van der Waals surface area contributed by atoms with E-state index in [1.54, 1.807) is 29.2 Å². The summed E-state index contributed by atoms with van der Waals surface area (Å²) >= 11 is 0. The third-order valence-electron chi connectivity index (χ3n) is 6.70. The number of aromatic amines is 1. The lowest BCUT2D eigenvalue weighted by Gasteiger charge is -2.44. The highest BCUT2D eigenvalue weighted by atomic mass is 19.4. The van der Waals surface area contributed by atoms with E-state index in [-0.39, 0.29) is 18.4 Å². The first-order chi connectivity index (χ1) is 13.9. The summed E-state index contributed by atoms with van der Waals surface area (Å²) in [6, 6.07) is 7.17. The minimum absolute atomic E-state index is 0.136. The summed E-state index contributed by atoms with van der Waals surface area (Å²) < 4.78 is 40.4. The van der Waals surface area contributed by atoms with E-state index in [0.29, 0.717) is 28.9 Å². The Labute approximate surface area is 168 Å². The number of aliphatic hydroxyl groups excluding tert-OH is 1. The van der Waals surface area contributed by atoms with Crippen LogP contribution in [0.5, 0.6) is 0 Å². The number of H-pyrrole nitrogens is 1. The molecule has 1 saturated carbocycles. The van der Waals surface area contributed by atoms with Crippen molar-refractivity contribution in [2.24, 2.45) is 5.92 Å². The largest absolute Gasteiger partial charge is 0.414 e. The highest BCUT2D eigenvalue weighted by Gasteiger charge is 2.46. The molecule has 2 aliphatic rings. The van der Waals surface area contributed by atoms with Gasteiger partial charge in [0.1, 0.15) is 0 Å². The van der Waals surface area contributed by atoms with Crippen molar-refractivity contribution in [1.29, 1.82) is 0 Å². The summed E-state index contributed by atoms with van der Waals surface area (Å²) in [7, 11) is 0. The van der Waals surface area contributed by atoms with Gasteiger partial charge in [0, 0.05) is 42.0 Å². The van der Waals surface area contributed by atoms with Crippen LogP contribution in [0, 0.1) is 5.92 Å². The number of carbonyl (C=O) groups is 1. The van der Waals surface area contributed by atoms with Gasteiger partial charge in [-0.15, -0.1) is 0 Å². The molecule has 1 aliphatic heterocycles. The van der Waals surface area contributed by atoms with Crippen molar-refractivity contribution in [3.8, 4) is 0 Å². The van der Waals surface area contributed by atoms with E-state index in [4.69, 9.17) is 0 Å². The van der Waals surface area contributed by atoms with E-state index in [2.05, 4.69) is 4.98 Å². The van der Waals surface area contributed by atoms with E-state index in [0.717, 1.165) is 38.5 Å². The second-order valence-corrected chi connectivity index (χ2v) is 8.43. The topological polar surface area (TPSA) is 56.3 Å². The van der Waals surface area contributed by atoms with Crippen molar-refractivity contribution in [3.63, 3.8) is 0 Å². The second kappa shape index (κ2) is 8.01. The van der Waals surface area contributed by atoms with Crippen LogP contribution in [0.25, 0.3) is 10.9 Å². The Morgan fingerprint density at radius 2 is 1.90 bits per heavy atom. The molecule has 0 bridgehead atoms. The lowest BCUT2D eigenvalue weighted by atomic mass is 9.78. The highest BCUT2D eigenvalue weighted by molar-refractivity contribution is 5.85. The standard InChI is InChI=1S/C22H27F3N2O2/c23-22(24,25)21(29)16(17-13-26-18-9-3-2-8-15(17)18)12-20(28)27-11-5-7-14-6-1-4-10-19(14)27/h2-3,8-9,13-14,16,19,21,26,29H,1,4-7,10-12H2. The lowest BCUT2D eigenvalue weighted by molar-refractivity contribution is -0.211. The number of halogens is 3. The molecule has 4 atom stereocenters. The summed E-state index contributed by atoms with van der Waals surface area (Å²) in [5.74, 6) is -1.15. The van der Waals surface area contributed by atoms with Crippen molar-refractivity contribution in [2.75, 3.05) is 6.54 Å². The predicted octanol–water partition coefficient (Wildman–Crippen LogP) is 4.75. The molecule has 1 aromatic heterocycles. The fourth-order valence-corrected chi connectivity index (χ4v) is 5.26. The van der Waals surface area contributed by atoms with Crippen LogP contribution in [-0.2, 0) is 4.79 Å². The van der Waals surface area contributed by atoms with Gasteiger partial charge in [-0.05, 0) is 43.2 Å². The molecule has 1 amide bonds. The first-order valence-electron chi connectivity index (χ1n) is 10.5. The number of fused-ring (bicyclic) bond motifs is 2. The van der Waals surface area contributed by atoms with Crippen LogP contribution in [0.2, 0.25) is 0 Å². The molecule has 1 aliphatic carbocycles. The first kappa shape index (κ1) is 20.3. The summed E-state index contributed by atoms with van der Waals surface area (Å²) in [4.78, 5) is 17.9. The molecule has 2 aromatic rings. The zero-order valence-electron chi connectivity index (χ0n) is 16.3. The monoisotopic (exact) mass is 408 g/mol. The first-order valence-corrected chi connectivity index (χ1v) is 10.5. The zero-order chi connectivity index (χ0) is 20.6. The molecule has 4 unspecified atom stereocenters. The van der Waals surface area contributed by atoms with Crippen LogP contribution in [0.3, 0.4) is 0 Å². The number of rotatable bonds is 4. The van der Waals surface area contributed by atoms with Crippen LogP contribution in [0.4, 0.5) is 13.2 Å². The normalized spacial score (nSPS) is 24.9. The number of hydrogen-bond donors (Lipinski definition) is 2. The second-order valence-electron chi connectivity index (χ2n) is 8.43. The molecule has 29 heavy (non-hydrogen) atoms. The van der Waals surface area contributed by atoms with Crippen LogP contribution in [-0.4, -0.2) is 45.8 Å². The van der Waals surface area contributed by atoms with Gasteiger partial charge in [0.15, 0.2) is 6.10 Å². The highest BCUT2D eigenvalue weighted by Crippen LogP contribution is 2.40. The van der Waals surface area contributed by atoms with Gasteiger partial charge in [0.25, 0.3) is 0 Å². The summed E-state index contributed by atoms with van der Waals surface area (Å²) in [6.45, 7) is 0.600. The number of aromatic nitrogens is 1. The molecule has 1 saturated heterocycles. The maximum atomic E-state index is 13.5. The Morgan fingerprint density at radius 1 is 1.17 bits per heavy atom. The number of likely N-dealkylation sites (tertiary alicyclic amines) is 1. The molecule has 7 heteroatoms. The molecular formula is C22H27F3N2O2. The van der Waals surface area contributed by atoms with Crippen molar-refractivity contribution in [2.45, 2.75) is 69.2 Å². The van der Waals surface area contributed by atoms with E-state index in [1.165, 1.54) is 6.20 Å². The fourth-order valence-electron chi connectivity index (χ4n) is 5.26. The molecule has 2 fully saturated rings. The van der Waals surface area contributed by atoms with Gasteiger partial charge >= 0.3 is 6.18 Å². The van der Waals surface area contributed by atoms with Crippen LogP contribution in [0.15, 0.2) is 30.5 Å². The number of benzene rings is 1. The number of para-hydroxylation sites is 1. The molecule has 158 valence electrons. The molecule has 1 aromatic carbocycles. The Morgan fingerprint density at radius 3 is 2.69 bits per heavy atom. The Hall–Kier alpha value is -2.02. The fraction of sp³-hybridized carbons (Fsp3) is 0.591. The summed E-state index contributed by atoms with van der Waals surface area (Å²) in [5.41, 5.74) is 1.04. The van der Waals surface area contributed by atoms with Gasteiger partial charge < -0.3 is 15.0 Å². The number of nitrogens with zero attached hydrogens (tertiary/aromatic N) is 1. The number of nitrogens with one attached hydrogen (secondary N) is 1. The van der Waals surface area contributed by atoms with Gasteiger partial charge in [-0.25, -0.2) is 0 Å². The number of hydrogen-bond acceptors (Lipinski definition) is 2. The summed E-state index contributed by atoms with van der Waals surface area (Å²) in [5, 5.41) is 10.8. The van der Waals surface area contributed by atoms with Crippen molar-refractivity contribution >= 4 is 16.8 Å². The van der Waals surface area contributed by atoms with Gasteiger partial charge in [-0.1, -0.05) is 31.0 Å². The SMILES string of the molecule is O=C(CC(c1c[nH]c2ccccc12)C(O)C(F)(F)F)N1CCCC2CCCCC21. The van der Waals surface area contributed by atoms with Gasteiger partial charge in [0.05, 0.1) is 0 Å². The van der Waals surface area contributed by atoms with Crippen LogP contribution >= 0.6 is 0 Å². The molecule has 2 N–H and O–H groups in total. The molecule has 0 radical (unpaired) electrons. The maximum absolute atomic E-state index is 13.5. The van der Waals surface area contributed by atoms with E-state index < -0.39 is 18.2 Å². The number of piperidine rings is 1. The Bertz CT molecular complexity index is 861. The Balaban J connectivity index is 1.62. The number of carbonyl (C=O) groups excluding carboxylic acids is 1. The molecular weight excluding hydrogens is 381 g/mol. The summed E-state index contributed by atoms with van der Waals surface area (Å²) in [6.07, 6.45) is -0.00526. The average molecular weight is 408 g/mol. The van der Waals surface area contributed by atoms with Crippen molar-refractivity contribution < 1.29 is 23.1 Å². The van der Waals surface area contributed by atoms with Gasteiger partial charge in [0.2, 0.25) is 5.91 Å². The third-order valence-corrected chi connectivity index (χ3v) is 6.70. The van der Waals surface area contributed by atoms with E-state index in [1.807, 2.05) is 0 Å². The van der Waals surface area contributed by atoms with Gasteiger partial charge in [-0.2, -0.15) is 13.2 Å². The predicted molar refractivity (Wildman–Crippen MR) is 104 cm³/mol. The molecule has 0 spiro atoms. The van der Waals surface area contributed by atoms with Crippen LogP contribution in [0.1, 0.15) is 56.4 Å². The van der Waals surface area contributed by atoms with Crippen molar-refractivity contribution in [1.82, 2.24) is 9.88 Å². The van der Waals surface area contributed by atoms with Gasteiger partial charge in [-0.3, -0.25) is 4.79 Å². The molecule has 2 heterocycles. The number of aliphatic hydroxyl groups is 1. The smallest absolute Gasteiger partial charge is 0.383 e. The average Bonchev–Trinajstić information content (AvgIpc) is 3.14. The van der Waals surface area contributed by atoms with E-state index in [9.17, 15) is 23.1 Å². The van der Waals surface area contributed by atoms with Crippen LogP contribution < -0.4 is 0 Å². The van der Waals surface area contributed by atoms with Crippen molar-refractivity contribution in [3.05, 3.63) is 36.0 Å². The quantitative estimate of drug-likeness (QED) is 0.767. The molecule has 4 rings (SSSR count). The molecule has 4 nitrogen and oxygen atoms in total. The third kappa shape index (κ3) is 4.02. The number of amides is 1. The Kier molecular flexibility index (Phi) is 5.60.